The van der Waals surface area contributed by atoms with Crippen molar-refractivity contribution in [3.63, 3.8) is 0 Å². The van der Waals surface area contributed by atoms with Gasteiger partial charge in [-0.2, -0.15) is 0 Å². The van der Waals surface area contributed by atoms with Crippen LogP contribution in [0.25, 0.3) is 0 Å². The van der Waals surface area contributed by atoms with Crippen molar-refractivity contribution < 1.29 is 4.74 Å². The van der Waals surface area contributed by atoms with Gasteiger partial charge in [-0.25, -0.2) is 4.98 Å². The third kappa shape index (κ3) is 2.79. The molecule has 15 heavy (non-hydrogen) atoms. The Bertz CT molecular complexity index is 385. The summed E-state index contributed by atoms with van der Waals surface area (Å²) in [6.45, 7) is 0.271. The number of hydrogen-bond donors (Lipinski definition) is 0. The lowest BCUT2D eigenvalue weighted by atomic mass is 10.3. The summed E-state index contributed by atoms with van der Waals surface area (Å²) in [4.78, 5) is 15.2. The highest BCUT2D eigenvalue weighted by atomic mass is 35.5. The third-order valence-corrected chi connectivity index (χ3v) is 2.80. The van der Waals surface area contributed by atoms with Crippen LogP contribution in [0.5, 0.6) is 0 Å². The Labute approximate surface area is 92.8 Å². The van der Waals surface area contributed by atoms with Crippen molar-refractivity contribution in [1.82, 2.24) is 9.55 Å². The highest BCUT2D eigenvalue weighted by Gasteiger charge is 2.15. The van der Waals surface area contributed by atoms with Crippen molar-refractivity contribution in [1.29, 1.82) is 0 Å². The molecule has 1 saturated carbocycles. The van der Waals surface area contributed by atoms with E-state index in [-0.39, 0.29) is 17.4 Å². The molecule has 4 nitrogen and oxygen atoms in total. The van der Waals surface area contributed by atoms with Crippen molar-refractivity contribution >= 4 is 11.6 Å². The predicted octanol–water partition coefficient (Wildman–Crippen LogP) is 1.81. The Balaban J connectivity index is 1.95. The highest BCUT2D eigenvalue weighted by Crippen LogP contribution is 2.20. The van der Waals surface area contributed by atoms with E-state index in [1.165, 1.54) is 29.8 Å². The van der Waals surface area contributed by atoms with E-state index in [1.807, 2.05) is 0 Å². The molecule has 0 spiro atoms. The van der Waals surface area contributed by atoms with E-state index in [0.29, 0.717) is 6.10 Å². The topological polar surface area (TPSA) is 44.1 Å². The number of ether oxygens (including phenoxy) is 1. The van der Waals surface area contributed by atoms with Crippen LogP contribution in [0.15, 0.2) is 17.2 Å². The Morgan fingerprint density at radius 1 is 1.53 bits per heavy atom. The van der Waals surface area contributed by atoms with Crippen molar-refractivity contribution in [2.24, 2.45) is 0 Å². The minimum Gasteiger partial charge on any atom is -0.357 e. The molecule has 0 amide bonds. The molecule has 5 heteroatoms. The molecule has 82 valence electrons. The quantitative estimate of drug-likeness (QED) is 0.742. The van der Waals surface area contributed by atoms with Crippen LogP contribution in [0.4, 0.5) is 0 Å². The lowest BCUT2D eigenvalue weighted by molar-refractivity contribution is 0.00929. The van der Waals surface area contributed by atoms with Crippen LogP contribution >= 0.6 is 11.6 Å². The van der Waals surface area contributed by atoms with E-state index in [2.05, 4.69) is 4.98 Å². The van der Waals surface area contributed by atoms with Gasteiger partial charge in [-0.3, -0.25) is 9.36 Å². The Morgan fingerprint density at radius 3 is 2.93 bits per heavy atom. The van der Waals surface area contributed by atoms with Crippen molar-refractivity contribution in [3.05, 3.63) is 27.9 Å². The molecule has 1 aliphatic carbocycles. The molecular weight excluding hydrogens is 216 g/mol. The van der Waals surface area contributed by atoms with Crippen molar-refractivity contribution in [3.8, 4) is 0 Å². The summed E-state index contributed by atoms with van der Waals surface area (Å²) < 4.78 is 7.01. The van der Waals surface area contributed by atoms with Gasteiger partial charge in [0.25, 0.3) is 5.56 Å². The van der Waals surface area contributed by atoms with Crippen LogP contribution in [-0.2, 0) is 11.5 Å². The zero-order valence-electron chi connectivity index (χ0n) is 8.36. The SMILES string of the molecule is O=c1cc(Cl)ncn1COC1CCCC1. The van der Waals surface area contributed by atoms with Gasteiger partial charge in [0, 0.05) is 6.07 Å². The standard InChI is InChI=1S/C10H13ClN2O2/c11-9-5-10(14)13(6-12-9)7-15-8-3-1-2-4-8/h5-6,8H,1-4,7H2. The van der Waals surface area contributed by atoms with Crippen molar-refractivity contribution in [2.75, 3.05) is 0 Å². The van der Waals surface area contributed by atoms with Crippen LogP contribution in [-0.4, -0.2) is 15.7 Å². The summed E-state index contributed by atoms with van der Waals surface area (Å²) in [5.74, 6) is 0. The number of rotatable bonds is 3. The molecule has 0 saturated heterocycles. The van der Waals surface area contributed by atoms with E-state index in [9.17, 15) is 4.79 Å². The first-order valence-electron chi connectivity index (χ1n) is 5.09. The van der Waals surface area contributed by atoms with Crippen LogP contribution < -0.4 is 5.56 Å². The maximum atomic E-state index is 11.4. The molecule has 0 aliphatic heterocycles. The zero-order valence-corrected chi connectivity index (χ0v) is 9.11. The fourth-order valence-corrected chi connectivity index (χ4v) is 1.88. The monoisotopic (exact) mass is 228 g/mol. The number of hydrogen-bond acceptors (Lipinski definition) is 3. The lowest BCUT2D eigenvalue weighted by Gasteiger charge is -2.11. The molecule has 1 aromatic rings. The molecule has 0 bridgehead atoms. The Kier molecular flexibility index (Phi) is 3.38. The van der Waals surface area contributed by atoms with Gasteiger partial charge in [0.15, 0.2) is 0 Å². The summed E-state index contributed by atoms with van der Waals surface area (Å²) in [5, 5.41) is 0.220. The summed E-state index contributed by atoms with van der Waals surface area (Å²) in [6.07, 6.45) is 6.34. The first kappa shape index (κ1) is 10.6. The van der Waals surface area contributed by atoms with E-state index in [4.69, 9.17) is 16.3 Å². The maximum Gasteiger partial charge on any atom is 0.256 e. The van der Waals surface area contributed by atoms with Crippen LogP contribution in [0.3, 0.4) is 0 Å². The molecule has 0 aromatic carbocycles. The van der Waals surface area contributed by atoms with E-state index < -0.39 is 0 Å². The summed E-state index contributed by atoms with van der Waals surface area (Å²) in [7, 11) is 0. The van der Waals surface area contributed by atoms with E-state index in [0.717, 1.165) is 12.8 Å². The van der Waals surface area contributed by atoms with Gasteiger partial charge in [0.2, 0.25) is 0 Å². The molecule has 0 N–H and O–H groups in total. The second kappa shape index (κ2) is 4.77. The van der Waals surface area contributed by atoms with Crippen LogP contribution in [0.2, 0.25) is 5.15 Å². The highest BCUT2D eigenvalue weighted by molar-refractivity contribution is 6.29. The summed E-state index contributed by atoms with van der Waals surface area (Å²) >= 11 is 5.58. The maximum absolute atomic E-state index is 11.4. The normalized spacial score (nSPS) is 17.1. The van der Waals surface area contributed by atoms with Crippen LogP contribution in [0, 0.1) is 0 Å². The minimum atomic E-state index is -0.173. The Hall–Kier alpha value is -0.870. The second-order valence-corrected chi connectivity index (χ2v) is 4.11. The van der Waals surface area contributed by atoms with Gasteiger partial charge >= 0.3 is 0 Å². The fraction of sp³-hybridized carbons (Fsp3) is 0.600. The number of halogens is 1. The molecular formula is C10H13ClN2O2. The second-order valence-electron chi connectivity index (χ2n) is 3.72. The van der Waals surface area contributed by atoms with Crippen LogP contribution in [0.1, 0.15) is 25.7 Å². The van der Waals surface area contributed by atoms with E-state index in [1.54, 1.807) is 0 Å². The fourth-order valence-electron chi connectivity index (χ4n) is 1.74. The van der Waals surface area contributed by atoms with Gasteiger partial charge in [-0.05, 0) is 12.8 Å². The molecule has 1 aromatic heterocycles. The van der Waals surface area contributed by atoms with Gasteiger partial charge in [0.05, 0.1) is 6.10 Å². The largest absolute Gasteiger partial charge is 0.357 e. The summed E-state index contributed by atoms with van der Waals surface area (Å²) in [5.41, 5.74) is -0.173. The first-order valence-corrected chi connectivity index (χ1v) is 5.47. The predicted molar refractivity (Wildman–Crippen MR) is 56.8 cm³/mol. The average Bonchev–Trinajstić information content (AvgIpc) is 2.69. The molecule has 0 atom stereocenters. The zero-order chi connectivity index (χ0) is 10.7. The molecule has 0 radical (unpaired) electrons. The van der Waals surface area contributed by atoms with Gasteiger partial charge < -0.3 is 4.74 Å². The number of aromatic nitrogens is 2. The molecule has 1 fully saturated rings. The average molecular weight is 229 g/mol. The number of nitrogens with zero attached hydrogens (tertiary/aromatic N) is 2. The van der Waals surface area contributed by atoms with E-state index >= 15 is 0 Å². The lowest BCUT2D eigenvalue weighted by Crippen LogP contribution is -2.23. The Morgan fingerprint density at radius 2 is 2.27 bits per heavy atom. The molecule has 2 rings (SSSR count). The molecule has 0 unspecified atom stereocenters. The van der Waals surface area contributed by atoms with Gasteiger partial charge in [0.1, 0.15) is 18.2 Å². The smallest absolute Gasteiger partial charge is 0.256 e. The molecule has 1 aliphatic rings. The molecule has 1 heterocycles. The third-order valence-electron chi connectivity index (χ3n) is 2.60. The van der Waals surface area contributed by atoms with Crippen molar-refractivity contribution in [2.45, 2.75) is 38.5 Å². The van der Waals surface area contributed by atoms with Gasteiger partial charge in [-0.15, -0.1) is 0 Å². The summed E-state index contributed by atoms with van der Waals surface area (Å²) in [6, 6.07) is 1.29. The van der Waals surface area contributed by atoms with Gasteiger partial charge in [-0.1, -0.05) is 24.4 Å². The first-order chi connectivity index (χ1) is 7.25. The minimum absolute atomic E-state index is 0.173.